The number of hydrogen-bond acceptors (Lipinski definition) is 5. The summed E-state index contributed by atoms with van der Waals surface area (Å²) in [5.41, 5.74) is 1.24. The first kappa shape index (κ1) is 20.3. The molecule has 29 heavy (non-hydrogen) atoms. The number of nitrogens with zero attached hydrogens (tertiary/aromatic N) is 1. The minimum Gasteiger partial charge on any atom is -0.506 e. The van der Waals surface area contributed by atoms with Gasteiger partial charge in [0.2, 0.25) is 0 Å². The number of ether oxygens (including phenoxy) is 2. The highest BCUT2D eigenvalue weighted by atomic mass is 32.1. The molecule has 0 saturated carbocycles. The Morgan fingerprint density at radius 3 is 2.72 bits per heavy atom. The van der Waals surface area contributed by atoms with E-state index in [-0.39, 0.29) is 16.4 Å². The predicted octanol–water partition coefficient (Wildman–Crippen LogP) is 2.79. The van der Waals surface area contributed by atoms with Gasteiger partial charge < -0.3 is 24.9 Å². The highest BCUT2D eigenvalue weighted by Crippen LogP contribution is 2.27. The topological polar surface area (TPSA) is 95.9 Å². The molecule has 0 aliphatic carbocycles. The van der Waals surface area contributed by atoms with Gasteiger partial charge in [0, 0.05) is 18.1 Å². The summed E-state index contributed by atoms with van der Waals surface area (Å²) in [5, 5.41) is 14.1. The highest BCUT2D eigenvalue weighted by Gasteiger charge is 2.10. The molecule has 0 spiro atoms. The fourth-order valence-corrected chi connectivity index (χ4v) is 3.03. The Bertz CT molecular complexity index is 1120. The Labute approximate surface area is 173 Å². The van der Waals surface area contributed by atoms with E-state index in [1.807, 2.05) is 18.2 Å². The summed E-state index contributed by atoms with van der Waals surface area (Å²) in [6.07, 6.45) is 1.96. The quantitative estimate of drug-likeness (QED) is 0.426. The number of benzene rings is 2. The minimum absolute atomic E-state index is 0.0627. The first-order valence-electron chi connectivity index (χ1n) is 8.90. The molecule has 0 aliphatic heterocycles. The van der Waals surface area contributed by atoms with E-state index in [1.54, 1.807) is 38.5 Å². The van der Waals surface area contributed by atoms with Crippen LogP contribution in [0.5, 0.6) is 17.2 Å². The van der Waals surface area contributed by atoms with Crippen LogP contribution in [0.4, 0.5) is 0 Å². The molecule has 3 N–H and O–H groups in total. The molecular weight excluding hydrogens is 390 g/mol. The van der Waals surface area contributed by atoms with Crippen molar-refractivity contribution in [2.45, 2.75) is 6.42 Å². The number of aliphatic imine (C=N–C) groups is 1. The van der Waals surface area contributed by atoms with E-state index in [0.29, 0.717) is 35.4 Å². The monoisotopic (exact) mass is 411 g/mol. The molecule has 150 valence electrons. The lowest BCUT2D eigenvalue weighted by molar-refractivity contribution is 0.354. The molecule has 0 amide bonds. The van der Waals surface area contributed by atoms with Crippen molar-refractivity contribution in [3.63, 3.8) is 0 Å². The van der Waals surface area contributed by atoms with Crippen LogP contribution in [0, 0.1) is 0 Å². The Kier molecular flexibility index (Phi) is 6.46. The van der Waals surface area contributed by atoms with Gasteiger partial charge in [-0.3, -0.25) is 4.79 Å². The Morgan fingerprint density at radius 2 is 1.97 bits per heavy atom. The number of hydrogen-bond donors (Lipinski definition) is 3. The summed E-state index contributed by atoms with van der Waals surface area (Å²) in [5.74, 6) is 1.21. The number of nitrogens with one attached hydrogen (secondary N) is 2. The second kappa shape index (κ2) is 9.20. The van der Waals surface area contributed by atoms with Crippen LogP contribution in [0.2, 0.25) is 0 Å². The highest BCUT2D eigenvalue weighted by molar-refractivity contribution is 7.80. The van der Waals surface area contributed by atoms with E-state index >= 15 is 0 Å². The van der Waals surface area contributed by atoms with Crippen LogP contribution in [0.25, 0.3) is 10.9 Å². The number of pyridine rings is 1. The standard InChI is InChI=1S/C21H21N3O4S/c1-27-17-8-7-13(11-18(17)28-2)9-10-22-21(29)23-12-15-19(25)14-5-3-4-6-16(14)24-20(15)26/h3-8,11-12H,9-10H2,1-2H3,(H,22,29)(H2,24,25,26)/b23-12+. The zero-order chi connectivity index (χ0) is 20.8. The van der Waals surface area contributed by atoms with Crippen molar-refractivity contribution < 1.29 is 14.6 Å². The maximum Gasteiger partial charge on any atom is 0.261 e. The average Bonchev–Trinajstić information content (AvgIpc) is 2.73. The fraction of sp³-hybridized carbons (Fsp3) is 0.190. The lowest BCUT2D eigenvalue weighted by atomic mass is 10.1. The zero-order valence-corrected chi connectivity index (χ0v) is 16.9. The van der Waals surface area contributed by atoms with E-state index in [4.69, 9.17) is 21.7 Å². The van der Waals surface area contributed by atoms with E-state index in [1.165, 1.54) is 6.21 Å². The van der Waals surface area contributed by atoms with Gasteiger partial charge in [-0.25, -0.2) is 4.99 Å². The van der Waals surface area contributed by atoms with Crippen LogP contribution >= 0.6 is 12.2 Å². The maximum atomic E-state index is 12.2. The summed E-state index contributed by atoms with van der Waals surface area (Å²) >= 11 is 5.19. The summed E-state index contributed by atoms with van der Waals surface area (Å²) < 4.78 is 10.5. The Hall–Kier alpha value is -3.39. The smallest absolute Gasteiger partial charge is 0.261 e. The van der Waals surface area contributed by atoms with E-state index in [0.717, 1.165) is 5.56 Å². The number of thiocarbonyl (C=S) groups is 1. The molecule has 3 aromatic rings. The predicted molar refractivity (Wildman–Crippen MR) is 118 cm³/mol. The number of aromatic amines is 1. The third kappa shape index (κ3) is 4.72. The molecule has 0 aliphatic rings. The van der Waals surface area contributed by atoms with Crippen molar-refractivity contribution in [3.8, 4) is 17.2 Å². The molecule has 1 aromatic heterocycles. The molecule has 0 atom stereocenters. The second-order valence-corrected chi connectivity index (χ2v) is 6.58. The number of rotatable bonds is 6. The number of aromatic hydroxyl groups is 1. The van der Waals surface area contributed by atoms with Gasteiger partial charge in [-0.2, -0.15) is 0 Å². The van der Waals surface area contributed by atoms with Crippen molar-refractivity contribution in [1.82, 2.24) is 10.3 Å². The summed E-state index contributed by atoms with van der Waals surface area (Å²) in [7, 11) is 3.18. The molecule has 2 aromatic carbocycles. The van der Waals surface area contributed by atoms with Gasteiger partial charge in [-0.15, -0.1) is 0 Å². The number of methoxy groups -OCH3 is 2. The second-order valence-electron chi connectivity index (χ2n) is 6.19. The molecular formula is C21H21N3O4S. The lowest BCUT2D eigenvalue weighted by Gasteiger charge is -2.10. The van der Waals surface area contributed by atoms with Gasteiger partial charge in [0.05, 0.1) is 19.7 Å². The molecule has 0 radical (unpaired) electrons. The van der Waals surface area contributed by atoms with Gasteiger partial charge in [0.1, 0.15) is 11.3 Å². The van der Waals surface area contributed by atoms with E-state index in [9.17, 15) is 9.90 Å². The fourth-order valence-electron chi connectivity index (χ4n) is 2.88. The van der Waals surface area contributed by atoms with Crippen molar-refractivity contribution in [2.75, 3.05) is 20.8 Å². The van der Waals surface area contributed by atoms with Crippen LogP contribution in [0.15, 0.2) is 52.3 Å². The Balaban J connectivity index is 1.64. The first-order chi connectivity index (χ1) is 14.0. The summed E-state index contributed by atoms with van der Waals surface area (Å²) in [6.45, 7) is 0.547. The van der Waals surface area contributed by atoms with Gasteiger partial charge >= 0.3 is 0 Å². The van der Waals surface area contributed by atoms with Crippen molar-refractivity contribution in [2.24, 2.45) is 4.99 Å². The molecule has 3 rings (SSSR count). The van der Waals surface area contributed by atoms with Gasteiger partial charge in [-0.1, -0.05) is 18.2 Å². The normalized spacial score (nSPS) is 11.0. The lowest BCUT2D eigenvalue weighted by Crippen LogP contribution is -2.23. The van der Waals surface area contributed by atoms with Crippen molar-refractivity contribution in [1.29, 1.82) is 0 Å². The largest absolute Gasteiger partial charge is 0.506 e. The third-order valence-corrected chi connectivity index (χ3v) is 4.63. The maximum absolute atomic E-state index is 12.2. The van der Waals surface area contributed by atoms with Gasteiger partial charge in [0.25, 0.3) is 5.56 Å². The zero-order valence-electron chi connectivity index (χ0n) is 16.1. The van der Waals surface area contributed by atoms with E-state index in [2.05, 4.69) is 15.3 Å². The molecule has 0 unspecified atom stereocenters. The summed E-state index contributed by atoms with van der Waals surface area (Å²) in [6, 6.07) is 12.7. The van der Waals surface area contributed by atoms with Gasteiger partial charge in [0.15, 0.2) is 16.6 Å². The molecule has 7 nitrogen and oxygen atoms in total. The van der Waals surface area contributed by atoms with Crippen molar-refractivity contribution >= 4 is 34.4 Å². The van der Waals surface area contributed by atoms with E-state index < -0.39 is 5.56 Å². The van der Waals surface area contributed by atoms with Crippen LogP contribution in [-0.4, -0.2) is 42.2 Å². The Morgan fingerprint density at radius 1 is 1.21 bits per heavy atom. The van der Waals surface area contributed by atoms with Gasteiger partial charge in [-0.05, 0) is 48.5 Å². The molecule has 8 heteroatoms. The number of H-pyrrole nitrogens is 1. The first-order valence-corrected chi connectivity index (χ1v) is 9.31. The minimum atomic E-state index is -0.432. The number of para-hydroxylation sites is 1. The van der Waals surface area contributed by atoms with Crippen LogP contribution in [0.3, 0.4) is 0 Å². The van der Waals surface area contributed by atoms with Crippen molar-refractivity contribution in [3.05, 3.63) is 63.9 Å². The van der Waals surface area contributed by atoms with Crippen LogP contribution < -0.4 is 20.3 Å². The molecule has 1 heterocycles. The molecule has 0 bridgehead atoms. The number of aromatic nitrogens is 1. The SMILES string of the molecule is COc1ccc(CCNC(=S)/N=C/c2c(O)c3ccccc3[nH]c2=O)cc1OC. The van der Waals surface area contributed by atoms with Crippen LogP contribution in [0.1, 0.15) is 11.1 Å². The third-order valence-electron chi connectivity index (χ3n) is 4.38. The number of fused-ring (bicyclic) bond motifs is 1. The summed E-state index contributed by atoms with van der Waals surface area (Å²) in [4.78, 5) is 19.0. The van der Waals surface area contributed by atoms with Crippen LogP contribution in [-0.2, 0) is 6.42 Å². The molecule has 0 saturated heterocycles. The average molecular weight is 411 g/mol. The molecule has 0 fully saturated rings.